The van der Waals surface area contributed by atoms with E-state index in [1.165, 1.54) is 0 Å². The van der Waals surface area contributed by atoms with E-state index >= 15 is 0 Å². The zero-order chi connectivity index (χ0) is 23.3. The minimum Gasteiger partial charge on any atom is -0.493 e. The minimum atomic E-state index is 0.00555. The molecule has 2 saturated heterocycles. The first kappa shape index (κ1) is 25.1. The van der Waals surface area contributed by atoms with Crippen LogP contribution in [0.5, 0.6) is 11.5 Å². The molecule has 0 saturated carbocycles. The summed E-state index contributed by atoms with van der Waals surface area (Å²) in [6.07, 6.45) is 3.55. The fraction of sp³-hybridized carbons (Fsp3) is 0.720. The summed E-state index contributed by atoms with van der Waals surface area (Å²) < 4.78 is 17.2. The van der Waals surface area contributed by atoms with Crippen LogP contribution < -0.4 is 9.47 Å². The van der Waals surface area contributed by atoms with Crippen molar-refractivity contribution in [2.24, 2.45) is 11.8 Å². The second-order valence-electron chi connectivity index (χ2n) is 9.73. The largest absolute Gasteiger partial charge is 0.493 e. The number of rotatable bonds is 8. The standard InChI is InChI=1S/C25H39ClN2O4/c1-17(2)8-11-31-24-22(26)12-21(13-23(24)30-5)25(29)28-9-6-20(7-10-28)16-27-14-18(3)32-19(4)15-27/h12-13,17-20H,6-11,14-16H2,1-5H3. The van der Waals surface area contributed by atoms with E-state index in [1.807, 2.05) is 4.90 Å². The Kier molecular flexibility index (Phi) is 9.09. The number of amides is 1. The van der Waals surface area contributed by atoms with Crippen LogP contribution in [0.25, 0.3) is 0 Å². The Morgan fingerprint density at radius 2 is 1.84 bits per heavy atom. The molecule has 180 valence electrons. The number of hydrogen-bond acceptors (Lipinski definition) is 5. The Morgan fingerprint density at radius 1 is 1.19 bits per heavy atom. The van der Waals surface area contributed by atoms with Crippen molar-refractivity contribution in [1.29, 1.82) is 0 Å². The molecule has 2 atom stereocenters. The molecule has 2 aliphatic rings. The lowest BCUT2D eigenvalue weighted by molar-refractivity contribution is -0.0728. The molecule has 0 radical (unpaired) electrons. The van der Waals surface area contributed by atoms with Gasteiger partial charge in [0.2, 0.25) is 0 Å². The first-order valence-electron chi connectivity index (χ1n) is 11.9. The summed E-state index contributed by atoms with van der Waals surface area (Å²) in [5, 5.41) is 0.418. The molecule has 2 fully saturated rings. The summed E-state index contributed by atoms with van der Waals surface area (Å²) in [6, 6.07) is 3.46. The Hall–Kier alpha value is -1.50. The van der Waals surface area contributed by atoms with Gasteiger partial charge in [-0.05, 0) is 57.1 Å². The zero-order valence-electron chi connectivity index (χ0n) is 20.2. The van der Waals surface area contributed by atoms with Crippen LogP contribution in [-0.4, -0.2) is 74.4 Å². The van der Waals surface area contributed by atoms with E-state index < -0.39 is 0 Å². The highest BCUT2D eigenvalue weighted by atomic mass is 35.5. The zero-order valence-corrected chi connectivity index (χ0v) is 21.0. The van der Waals surface area contributed by atoms with Gasteiger partial charge in [-0.25, -0.2) is 0 Å². The van der Waals surface area contributed by atoms with Crippen LogP contribution in [-0.2, 0) is 4.74 Å². The third-order valence-electron chi connectivity index (χ3n) is 6.33. The highest BCUT2D eigenvalue weighted by Gasteiger charge is 2.29. The average molecular weight is 467 g/mol. The number of likely N-dealkylation sites (tertiary alicyclic amines) is 1. The molecule has 3 rings (SSSR count). The number of hydrogen-bond donors (Lipinski definition) is 0. The van der Waals surface area contributed by atoms with E-state index in [4.69, 9.17) is 25.8 Å². The molecule has 32 heavy (non-hydrogen) atoms. The Morgan fingerprint density at radius 3 is 2.44 bits per heavy atom. The number of halogens is 1. The summed E-state index contributed by atoms with van der Waals surface area (Å²) >= 11 is 6.48. The number of benzene rings is 1. The average Bonchev–Trinajstić information content (AvgIpc) is 2.73. The lowest BCUT2D eigenvalue weighted by atomic mass is 9.95. The fourth-order valence-electron chi connectivity index (χ4n) is 4.68. The van der Waals surface area contributed by atoms with Crippen LogP contribution >= 0.6 is 11.6 Å². The lowest BCUT2D eigenvalue weighted by Gasteiger charge is -2.39. The summed E-state index contributed by atoms with van der Waals surface area (Å²) in [6.45, 7) is 13.8. The maximum absolute atomic E-state index is 13.2. The number of nitrogens with zero attached hydrogens (tertiary/aromatic N) is 2. The van der Waals surface area contributed by atoms with Crippen LogP contribution in [0, 0.1) is 11.8 Å². The Labute approximate surface area is 198 Å². The molecule has 0 aliphatic carbocycles. The Balaban J connectivity index is 1.56. The molecule has 1 aromatic rings. The van der Waals surface area contributed by atoms with E-state index in [-0.39, 0.29) is 18.1 Å². The summed E-state index contributed by atoms with van der Waals surface area (Å²) in [4.78, 5) is 17.6. The van der Waals surface area contributed by atoms with Crippen molar-refractivity contribution in [3.8, 4) is 11.5 Å². The number of carbonyl (C=O) groups excluding carboxylic acids is 1. The maximum atomic E-state index is 13.2. The van der Waals surface area contributed by atoms with Gasteiger partial charge in [-0.1, -0.05) is 25.4 Å². The Bertz CT molecular complexity index is 755. The molecule has 0 N–H and O–H groups in total. The van der Waals surface area contributed by atoms with Crippen molar-refractivity contribution in [3.05, 3.63) is 22.7 Å². The molecule has 0 aromatic heterocycles. The monoisotopic (exact) mass is 466 g/mol. The molecule has 0 spiro atoms. The van der Waals surface area contributed by atoms with Crippen LogP contribution in [0.4, 0.5) is 0 Å². The van der Waals surface area contributed by atoms with Crippen LogP contribution in [0.2, 0.25) is 5.02 Å². The van der Waals surface area contributed by atoms with Crippen molar-refractivity contribution in [3.63, 3.8) is 0 Å². The molecule has 2 aliphatic heterocycles. The minimum absolute atomic E-state index is 0.00555. The van der Waals surface area contributed by atoms with E-state index in [2.05, 4.69) is 32.6 Å². The van der Waals surface area contributed by atoms with Crippen LogP contribution in [0.1, 0.15) is 57.3 Å². The molecular formula is C25H39ClN2O4. The molecule has 2 heterocycles. The second kappa shape index (κ2) is 11.6. The van der Waals surface area contributed by atoms with Gasteiger partial charge in [-0.15, -0.1) is 0 Å². The summed E-state index contributed by atoms with van der Waals surface area (Å²) in [5.74, 6) is 2.19. The third kappa shape index (κ3) is 6.75. The highest BCUT2D eigenvalue weighted by Crippen LogP contribution is 2.37. The smallest absolute Gasteiger partial charge is 0.254 e. The van der Waals surface area contributed by atoms with Crippen molar-refractivity contribution in [1.82, 2.24) is 9.80 Å². The van der Waals surface area contributed by atoms with Gasteiger partial charge in [0.25, 0.3) is 5.91 Å². The van der Waals surface area contributed by atoms with Crippen LogP contribution in [0.3, 0.4) is 0 Å². The molecular weight excluding hydrogens is 428 g/mol. The van der Waals surface area contributed by atoms with Gasteiger partial charge in [-0.2, -0.15) is 0 Å². The molecule has 1 aromatic carbocycles. The third-order valence-corrected chi connectivity index (χ3v) is 6.61. The highest BCUT2D eigenvalue weighted by molar-refractivity contribution is 6.32. The van der Waals surface area contributed by atoms with Gasteiger partial charge >= 0.3 is 0 Å². The number of piperidine rings is 1. The predicted octanol–water partition coefficient (Wildman–Crippen LogP) is 4.73. The number of ether oxygens (including phenoxy) is 3. The topological polar surface area (TPSA) is 51.2 Å². The summed E-state index contributed by atoms with van der Waals surface area (Å²) in [7, 11) is 1.58. The van der Waals surface area contributed by atoms with Gasteiger partial charge < -0.3 is 19.1 Å². The number of methoxy groups -OCH3 is 1. The quantitative estimate of drug-likeness (QED) is 0.554. The predicted molar refractivity (Wildman–Crippen MR) is 128 cm³/mol. The normalized spacial score (nSPS) is 22.9. The second-order valence-corrected chi connectivity index (χ2v) is 10.1. The van der Waals surface area contributed by atoms with Crippen molar-refractivity contribution < 1.29 is 19.0 Å². The molecule has 2 unspecified atom stereocenters. The van der Waals surface area contributed by atoms with E-state index in [9.17, 15) is 4.79 Å². The van der Waals surface area contributed by atoms with Gasteiger partial charge in [-0.3, -0.25) is 9.69 Å². The molecule has 1 amide bonds. The van der Waals surface area contributed by atoms with Gasteiger partial charge in [0.05, 0.1) is 30.9 Å². The lowest BCUT2D eigenvalue weighted by Crippen LogP contribution is -2.48. The van der Waals surface area contributed by atoms with Crippen molar-refractivity contribution >= 4 is 17.5 Å². The van der Waals surface area contributed by atoms with Gasteiger partial charge in [0.15, 0.2) is 11.5 Å². The first-order chi connectivity index (χ1) is 15.3. The van der Waals surface area contributed by atoms with E-state index in [1.54, 1.807) is 19.2 Å². The summed E-state index contributed by atoms with van der Waals surface area (Å²) in [5.41, 5.74) is 0.553. The fourth-order valence-corrected chi connectivity index (χ4v) is 4.95. The molecule has 0 bridgehead atoms. The number of carbonyl (C=O) groups is 1. The SMILES string of the molecule is COc1cc(C(=O)N2CCC(CN3CC(C)OC(C)C3)CC2)cc(Cl)c1OCCC(C)C. The van der Waals surface area contributed by atoms with Crippen molar-refractivity contribution in [2.75, 3.05) is 46.4 Å². The molecule has 7 heteroatoms. The number of morpholine rings is 1. The van der Waals surface area contributed by atoms with E-state index in [0.717, 1.165) is 52.0 Å². The maximum Gasteiger partial charge on any atom is 0.254 e. The van der Waals surface area contributed by atoms with Crippen molar-refractivity contribution in [2.45, 2.75) is 59.2 Å². The first-order valence-corrected chi connectivity index (χ1v) is 12.3. The molecule has 6 nitrogen and oxygen atoms in total. The van der Waals surface area contributed by atoms with Gasteiger partial charge in [0, 0.05) is 38.3 Å². The van der Waals surface area contributed by atoms with Crippen LogP contribution in [0.15, 0.2) is 12.1 Å². The van der Waals surface area contributed by atoms with Gasteiger partial charge in [0.1, 0.15) is 0 Å². The van der Waals surface area contributed by atoms with E-state index in [0.29, 0.717) is 40.5 Å².